The molecule has 5 nitrogen and oxygen atoms in total. The van der Waals surface area contributed by atoms with Crippen molar-refractivity contribution in [2.45, 2.75) is 39.5 Å². The van der Waals surface area contributed by atoms with E-state index in [2.05, 4.69) is 18.8 Å². The molecule has 3 heterocycles. The number of amides is 2. The van der Waals surface area contributed by atoms with Crippen molar-refractivity contribution in [3.63, 3.8) is 0 Å². The lowest BCUT2D eigenvalue weighted by Gasteiger charge is -2.30. The molecular weight excluding hydrogens is 357 g/mol. The van der Waals surface area contributed by atoms with Gasteiger partial charge in [0.25, 0.3) is 5.91 Å². The summed E-state index contributed by atoms with van der Waals surface area (Å²) in [5.41, 5.74) is 3.17. The van der Waals surface area contributed by atoms with Crippen molar-refractivity contribution in [3.05, 3.63) is 40.8 Å². The second-order valence-electron chi connectivity index (χ2n) is 8.06. The Balaban J connectivity index is 1.82. The first-order valence-corrected chi connectivity index (χ1v) is 9.96. The average Bonchev–Trinajstić information content (AvgIpc) is 3.06. The van der Waals surface area contributed by atoms with Crippen LogP contribution in [0.4, 0.5) is 4.39 Å². The molecule has 1 saturated heterocycles. The molecule has 0 atom stereocenters. The normalized spacial score (nSPS) is 17.1. The summed E-state index contributed by atoms with van der Waals surface area (Å²) in [4.78, 5) is 30.9. The van der Waals surface area contributed by atoms with E-state index in [0.717, 1.165) is 36.0 Å². The largest absolute Gasteiger partial charge is 0.348 e. The van der Waals surface area contributed by atoms with Gasteiger partial charge in [-0.3, -0.25) is 9.59 Å². The summed E-state index contributed by atoms with van der Waals surface area (Å²) in [6.07, 6.45) is 3.75. The number of aromatic amines is 1. The van der Waals surface area contributed by atoms with Crippen LogP contribution in [0.25, 0.3) is 16.5 Å². The van der Waals surface area contributed by atoms with Crippen molar-refractivity contribution < 1.29 is 14.0 Å². The minimum absolute atomic E-state index is 0.00141. The number of hydrogen-bond acceptors (Lipinski definition) is 2. The minimum atomic E-state index is -0.348. The molecule has 2 aromatic rings. The van der Waals surface area contributed by atoms with Gasteiger partial charge in [0, 0.05) is 44.1 Å². The Morgan fingerprint density at radius 1 is 1.14 bits per heavy atom. The SMILES string of the molecule is CC(=O)N1CCC=C(c2cc(C(C)C)c3cc(C(=O)N4CCC4)[nH]c3c2F)C1. The first kappa shape index (κ1) is 18.7. The molecule has 2 amide bonds. The summed E-state index contributed by atoms with van der Waals surface area (Å²) < 4.78 is 15.5. The van der Waals surface area contributed by atoms with Gasteiger partial charge < -0.3 is 14.8 Å². The highest BCUT2D eigenvalue weighted by Gasteiger charge is 2.26. The molecule has 0 unspecified atom stereocenters. The maximum atomic E-state index is 15.5. The monoisotopic (exact) mass is 383 g/mol. The van der Waals surface area contributed by atoms with Crippen molar-refractivity contribution in [1.29, 1.82) is 0 Å². The Labute approximate surface area is 164 Å². The van der Waals surface area contributed by atoms with E-state index in [-0.39, 0.29) is 23.5 Å². The highest BCUT2D eigenvalue weighted by molar-refractivity contribution is 6.00. The van der Waals surface area contributed by atoms with Crippen LogP contribution >= 0.6 is 0 Å². The molecule has 2 aliphatic rings. The number of carbonyl (C=O) groups excluding carboxylic acids is 2. The van der Waals surface area contributed by atoms with Gasteiger partial charge in [0.15, 0.2) is 5.82 Å². The van der Waals surface area contributed by atoms with Crippen LogP contribution in [0.1, 0.15) is 61.1 Å². The standard InChI is InChI=1S/C22H26FN3O2/c1-13(2)16-10-17(15-6-4-7-26(12-15)14(3)27)20(23)21-18(16)11-19(24-21)22(28)25-8-5-9-25/h6,10-11,13,24H,4-5,7-9,12H2,1-3H3. The summed E-state index contributed by atoms with van der Waals surface area (Å²) in [5, 5.41) is 0.764. The Hall–Kier alpha value is -2.63. The molecule has 0 bridgehead atoms. The maximum absolute atomic E-state index is 15.5. The fourth-order valence-corrected chi connectivity index (χ4v) is 4.01. The minimum Gasteiger partial charge on any atom is -0.348 e. The lowest BCUT2D eigenvalue weighted by Crippen LogP contribution is -2.42. The first-order chi connectivity index (χ1) is 13.4. The highest BCUT2D eigenvalue weighted by Crippen LogP contribution is 2.35. The van der Waals surface area contributed by atoms with E-state index >= 15 is 4.39 Å². The lowest BCUT2D eigenvalue weighted by atomic mass is 9.92. The molecule has 0 radical (unpaired) electrons. The lowest BCUT2D eigenvalue weighted by molar-refractivity contribution is -0.128. The molecule has 6 heteroatoms. The molecule has 4 rings (SSSR count). The van der Waals surface area contributed by atoms with Gasteiger partial charge in [0.05, 0.1) is 5.52 Å². The Morgan fingerprint density at radius 2 is 1.89 bits per heavy atom. The smallest absolute Gasteiger partial charge is 0.270 e. The molecule has 0 saturated carbocycles. The molecule has 2 aliphatic heterocycles. The summed E-state index contributed by atoms with van der Waals surface area (Å²) in [6, 6.07) is 3.68. The van der Waals surface area contributed by atoms with E-state index in [1.54, 1.807) is 22.8 Å². The Morgan fingerprint density at radius 3 is 2.50 bits per heavy atom. The predicted octanol–water partition coefficient (Wildman–Crippen LogP) is 3.91. The number of nitrogens with one attached hydrogen (secondary N) is 1. The number of carbonyl (C=O) groups is 2. The van der Waals surface area contributed by atoms with Crippen LogP contribution in [0.2, 0.25) is 0 Å². The van der Waals surface area contributed by atoms with Crippen molar-refractivity contribution in [2.24, 2.45) is 0 Å². The van der Waals surface area contributed by atoms with E-state index in [4.69, 9.17) is 0 Å². The topological polar surface area (TPSA) is 56.4 Å². The van der Waals surface area contributed by atoms with Crippen LogP contribution in [-0.2, 0) is 4.79 Å². The third kappa shape index (κ3) is 3.11. The fraction of sp³-hybridized carbons (Fsp3) is 0.455. The van der Waals surface area contributed by atoms with E-state index in [9.17, 15) is 9.59 Å². The van der Waals surface area contributed by atoms with Crippen LogP contribution in [0.15, 0.2) is 18.2 Å². The quantitative estimate of drug-likeness (QED) is 0.874. The van der Waals surface area contributed by atoms with E-state index in [1.165, 1.54) is 0 Å². The van der Waals surface area contributed by atoms with Gasteiger partial charge in [-0.15, -0.1) is 0 Å². The van der Waals surface area contributed by atoms with Crippen molar-refractivity contribution in [3.8, 4) is 0 Å². The third-order valence-electron chi connectivity index (χ3n) is 5.82. The van der Waals surface area contributed by atoms with Gasteiger partial charge in [-0.25, -0.2) is 4.39 Å². The van der Waals surface area contributed by atoms with E-state index < -0.39 is 0 Å². The molecule has 1 aromatic carbocycles. The third-order valence-corrected chi connectivity index (χ3v) is 5.82. The van der Waals surface area contributed by atoms with Crippen LogP contribution in [0.3, 0.4) is 0 Å². The zero-order valence-electron chi connectivity index (χ0n) is 16.6. The van der Waals surface area contributed by atoms with Gasteiger partial charge in [0.1, 0.15) is 5.69 Å². The number of H-pyrrole nitrogens is 1. The number of hydrogen-bond donors (Lipinski definition) is 1. The summed E-state index contributed by atoms with van der Waals surface area (Å²) in [7, 11) is 0. The number of aromatic nitrogens is 1. The van der Waals surface area contributed by atoms with Gasteiger partial charge in [-0.1, -0.05) is 19.9 Å². The highest BCUT2D eigenvalue weighted by atomic mass is 19.1. The zero-order valence-corrected chi connectivity index (χ0v) is 16.6. The van der Waals surface area contributed by atoms with Crippen molar-refractivity contribution >= 4 is 28.3 Å². The summed E-state index contributed by atoms with van der Waals surface area (Å²) in [6.45, 7) is 8.27. The molecule has 1 aromatic heterocycles. The molecular formula is C22H26FN3O2. The second-order valence-corrected chi connectivity index (χ2v) is 8.06. The molecule has 0 spiro atoms. The number of rotatable bonds is 3. The van der Waals surface area contributed by atoms with Gasteiger partial charge in [0.2, 0.25) is 5.91 Å². The Bertz CT molecular complexity index is 985. The van der Waals surface area contributed by atoms with E-state index in [1.807, 2.05) is 12.1 Å². The maximum Gasteiger partial charge on any atom is 0.270 e. The molecule has 28 heavy (non-hydrogen) atoms. The average molecular weight is 383 g/mol. The molecule has 1 N–H and O–H groups in total. The number of nitrogens with zero attached hydrogens (tertiary/aromatic N) is 2. The summed E-state index contributed by atoms with van der Waals surface area (Å²) in [5.74, 6) is -0.243. The fourth-order valence-electron chi connectivity index (χ4n) is 4.01. The molecule has 1 fully saturated rings. The molecule has 0 aliphatic carbocycles. The van der Waals surface area contributed by atoms with Gasteiger partial charge in [-0.05, 0) is 42.0 Å². The Kier molecular flexibility index (Phi) is 4.73. The van der Waals surface area contributed by atoms with Crippen LogP contribution < -0.4 is 0 Å². The first-order valence-electron chi connectivity index (χ1n) is 9.96. The van der Waals surface area contributed by atoms with Gasteiger partial charge in [-0.2, -0.15) is 0 Å². The number of likely N-dealkylation sites (tertiary alicyclic amines) is 1. The number of halogens is 1. The predicted molar refractivity (Wildman–Crippen MR) is 108 cm³/mol. The van der Waals surface area contributed by atoms with Crippen molar-refractivity contribution in [1.82, 2.24) is 14.8 Å². The van der Waals surface area contributed by atoms with Gasteiger partial charge >= 0.3 is 0 Å². The van der Waals surface area contributed by atoms with Crippen LogP contribution in [0, 0.1) is 5.82 Å². The number of fused-ring (bicyclic) bond motifs is 1. The van der Waals surface area contributed by atoms with E-state index in [0.29, 0.717) is 36.3 Å². The van der Waals surface area contributed by atoms with Crippen LogP contribution in [0.5, 0.6) is 0 Å². The molecule has 148 valence electrons. The van der Waals surface area contributed by atoms with Crippen molar-refractivity contribution in [2.75, 3.05) is 26.2 Å². The zero-order chi connectivity index (χ0) is 20.0. The summed E-state index contributed by atoms with van der Waals surface area (Å²) >= 11 is 0. The number of benzene rings is 1. The van der Waals surface area contributed by atoms with Crippen LogP contribution in [-0.4, -0.2) is 52.8 Å². The second kappa shape index (κ2) is 7.08.